The molecule has 0 N–H and O–H groups in total. The van der Waals surface area contributed by atoms with E-state index in [1.165, 1.54) is 0 Å². The second-order valence-corrected chi connectivity index (χ2v) is 3.53. The fourth-order valence-corrected chi connectivity index (χ4v) is 1.62. The molecule has 0 saturated heterocycles. The summed E-state index contributed by atoms with van der Waals surface area (Å²) in [5.74, 6) is 0.689. The van der Waals surface area contributed by atoms with Gasteiger partial charge in [-0.1, -0.05) is 46.2 Å². The van der Waals surface area contributed by atoms with E-state index < -0.39 is 0 Å². The van der Waals surface area contributed by atoms with Gasteiger partial charge in [0.1, 0.15) is 5.75 Å². The number of methoxy groups -OCH3 is 1. The zero-order chi connectivity index (χ0) is 9.84. The van der Waals surface area contributed by atoms with Crippen LogP contribution in [0.5, 0.6) is 5.75 Å². The normalized spacial score (nSPS) is 9.77. The second kappa shape index (κ2) is 4.68. The highest BCUT2D eigenvalue weighted by Gasteiger charge is 2.08. The monoisotopic (exact) mass is 260 g/mol. The number of halogens is 2. The third-order valence-corrected chi connectivity index (χ3v) is 2.69. The van der Waals surface area contributed by atoms with Crippen LogP contribution in [0.3, 0.4) is 0 Å². The number of ether oxygens (including phenoxy) is 1. The summed E-state index contributed by atoms with van der Waals surface area (Å²) >= 11 is 9.29. The van der Waals surface area contributed by atoms with Crippen molar-refractivity contribution in [1.29, 1.82) is 0 Å². The lowest BCUT2D eigenvalue weighted by Crippen LogP contribution is -1.92. The fourth-order valence-electron chi connectivity index (χ4n) is 1.07. The standard InChI is InChI=1S/C10H10BrClO/c1-7(6-11)8-4-3-5-9(12)10(8)13-2/h3-5H,1,6H2,2H3. The van der Waals surface area contributed by atoms with E-state index in [9.17, 15) is 0 Å². The average Bonchev–Trinajstić information content (AvgIpc) is 2.16. The lowest BCUT2D eigenvalue weighted by Gasteiger charge is -2.10. The van der Waals surface area contributed by atoms with E-state index >= 15 is 0 Å². The number of alkyl halides is 1. The first-order valence-electron chi connectivity index (χ1n) is 3.77. The minimum absolute atomic E-state index is 0.613. The highest BCUT2D eigenvalue weighted by molar-refractivity contribution is 9.09. The van der Waals surface area contributed by atoms with Crippen molar-refractivity contribution in [3.05, 3.63) is 35.4 Å². The smallest absolute Gasteiger partial charge is 0.144 e. The summed E-state index contributed by atoms with van der Waals surface area (Å²) in [5, 5.41) is 1.33. The van der Waals surface area contributed by atoms with Gasteiger partial charge in [-0.05, 0) is 11.6 Å². The summed E-state index contributed by atoms with van der Waals surface area (Å²) in [6.07, 6.45) is 0. The Hall–Kier alpha value is -0.470. The van der Waals surface area contributed by atoms with E-state index in [-0.39, 0.29) is 0 Å². The van der Waals surface area contributed by atoms with Gasteiger partial charge in [-0.25, -0.2) is 0 Å². The third kappa shape index (κ3) is 2.26. The van der Waals surface area contributed by atoms with Gasteiger partial charge in [-0.15, -0.1) is 0 Å². The van der Waals surface area contributed by atoms with Crippen LogP contribution in [0.4, 0.5) is 0 Å². The van der Waals surface area contributed by atoms with Gasteiger partial charge in [-0.3, -0.25) is 0 Å². The zero-order valence-electron chi connectivity index (χ0n) is 7.31. The van der Waals surface area contributed by atoms with Crippen molar-refractivity contribution >= 4 is 33.1 Å². The molecule has 0 fully saturated rings. The maximum atomic E-state index is 5.95. The number of rotatable bonds is 3. The minimum Gasteiger partial charge on any atom is -0.495 e. The summed E-state index contributed by atoms with van der Waals surface area (Å²) < 4.78 is 5.19. The molecule has 0 aliphatic rings. The van der Waals surface area contributed by atoms with Gasteiger partial charge in [-0.2, -0.15) is 0 Å². The van der Waals surface area contributed by atoms with E-state index in [0.29, 0.717) is 16.1 Å². The Bertz CT molecular complexity index is 323. The number of hydrogen-bond donors (Lipinski definition) is 0. The maximum Gasteiger partial charge on any atom is 0.144 e. The first kappa shape index (κ1) is 10.6. The molecule has 0 bridgehead atoms. The molecule has 70 valence electrons. The van der Waals surface area contributed by atoms with E-state index in [1.54, 1.807) is 13.2 Å². The molecule has 0 radical (unpaired) electrons. The van der Waals surface area contributed by atoms with E-state index in [0.717, 1.165) is 11.1 Å². The van der Waals surface area contributed by atoms with Gasteiger partial charge in [0, 0.05) is 10.9 Å². The van der Waals surface area contributed by atoms with Crippen LogP contribution < -0.4 is 4.74 Å². The molecule has 0 aromatic heterocycles. The van der Waals surface area contributed by atoms with Gasteiger partial charge in [0.25, 0.3) is 0 Å². The van der Waals surface area contributed by atoms with Crippen molar-refractivity contribution in [3.63, 3.8) is 0 Å². The molecule has 0 unspecified atom stereocenters. The van der Waals surface area contributed by atoms with Gasteiger partial charge >= 0.3 is 0 Å². The summed E-state index contributed by atoms with van der Waals surface area (Å²) in [5.41, 5.74) is 1.91. The highest BCUT2D eigenvalue weighted by atomic mass is 79.9. The molecule has 1 rings (SSSR count). The molecule has 3 heteroatoms. The van der Waals surface area contributed by atoms with Crippen LogP contribution in [0.15, 0.2) is 24.8 Å². The number of benzene rings is 1. The predicted octanol–water partition coefficient (Wildman–Crippen LogP) is 3.76. The van der Waals surface area contributed by atoms with Crippen LogP contribution in [0.25, 0.3) is 5.57 Å². The Morgan fingerprint density at radius 1 is 1.62 bits per heavy atom. The molecule has 13 heavy (non-hydrogen) atoms. The van der Waals surface area contributed by atoms with Crippen molar-refractivity contribution < 1.29 is 4.74 Å². The first-order valence-corrected chi connectivity index (χ1v) is 5.27. The van der Waals surface area contributed by atoms with Crippen molar-refractivity contribution in [3.8, 4) is 5.75 Å². The molecule has 0 aliphatic carbocycles. The van der Waals surface area contributed by atoms with E-state index in [1.807, 2.05) is 12.1 Å². The van der Waals surface area contributed by atoms with Crippen molar-refractivity contribution in [1.82, 2.24) is 0 Å². The highest BCUT2D eigenvalue weighted by Crippen LogP contribution is 2.32. The van der Waals surface area contributed by atoms with E-state index in [2.05, 4.69) is 22.5 Å². The van der Waals surface area contributed by atoms with Crippen molar-refractivity contribution in [2.24, 2.45) is 0 Å². The number of hydrogen-bond acceptors (Lipinski definition) is 1. The van der Waals surface area contributed by atoms with Gasteiger partial charge in [0.2, 0.25) is 0 Å². The molecule has 0 amide bonds. The number of para-hydroxylation sites is 1. The predicted molar refractivity (Wildman–Crippen MR) is 60.8 cm³/mol. The Morgan fingerprint density at radius 2 is 2.31 bits per heavy atom. The zero-order valence-corrected chi connectivity index (χ0v) is 9.65. The maximum absolute atomic E-state index is 5.95. The van der Waals surface area contributed by atoms with Crippen LogP contribution in [0.1, 0.15) is 5.56 Å². The van der Waals surface area contributed by atoms with Crippen LogP contribution in [-0.4, -0.2) is 12.4 Å². The third-order valence-electron chi connectivity index (χ3n) is 1.71. The van der Waals surface area contributed by atoms with Crippen LogP contribution in [-0.2, 0) is 0 Å². The fraction of sp³-hybridized carbons (Fsp3) is 0.200. The largest absolute Gasteiger partial charge is 0.495 e. The Kier molecular flexibility index (Phi) is 3.82. The Balaban J connectivity index is 3.20. The van der Waals surface area contributed by atoms with Gasteiger partial charge in [0.15, 0.2) is 0 Å². The topological polar surface area (TPSA) is 9.23 Å². The molecule has 0 atom stereocenters. The van der Waals surface area contributed by atoms with Crippen LogP contribution in [0, 0.1) is 0 Å². The molecule has 1 aromatic rings. The summed E-state index contributed by atoms with van der Waals surface area (Å²) in [7, 11) is 1.60. The second-order valence-electron chi connectivity index (χ2n) is 2.56. The molecule has 1 aromatic carbocycles. The molecular formula is C10H10BrClO. The van der Waals surface area contributed by atoms with Crippen molar-refractivity contribution in [2.75, 3.05) is 12.4 Å². The molecular weight excluding hydrogens is 251 g/mol. The Morgan fingerprint density at radius 3 is 2.85 bits per heavy atom. The van der Waals surface area contributed by atoms with Crippen LogP contribution in [0.2, 0.25) is 5.02 Å². The molecule has 0 saturated carbocycles. The van der Waals surface area contributed by atoms with E-state index in [4.69, 9.17) is 16.3 Å². The molecule has 1 nitrogen and oxygen atoms in total. The summed E-state index contributed by atoms with van der Waals surface area (Å²) in [6.45, 7) is 3.91. The lowest BCUT2D eigenvalue weighted by atomic mass is 10.1. The summed E-state index contributed by atoms with van der Waals surface area (Å²) in [6, 6.07) is 5.62. The summed E-state index contributed by atoms with van der Waals surface area (Å²) in [4.78, 5) is 0. The minimum atomic E-state index is 0.613. The average molecular weight is 262 g/mol. The molecule has 0 spiro atoms. The van der Waals surface area contributed by atoms with Crippen LogP contribution >= 0.6 is 27.5 Å². The SMILES string of the molecule is C=C(CBr)c1cccc(Cl)c1OC. The lowest BCUT2D eigenvalue weighted by molar-refractivity contribution is 0.414. The number of allylic oxidation sites excluding steroid dienone is 1. The molecule has 0 aliphatic heterocycles. The van der Waals surface area contributed by atoms with Gasteiger partial charge < -0.3 is 4.74 Å². The Labute approximate surface area is 91.5 Å². The molecule has 0 heterocycles. The van der Waals surface area contributed by atoms with Crippen molar-refractivity contribution in [2.45, 2.75) is 0 Å². The first-order chi connectivity index (χ1) is 6.20. The quantitative estimate of drug-likeness (QED) is 0.753. The van der Waals surface area contributed by atoms with Gasteiger partial charge in [0.05, 0.1) is 12.1 Å².